The lowest BCUT2D eigenvalue weighted by atomic mass is 9.50. The summed E-state index contributed by atoms with van der Waals surface area (Å²) in [4.78, 5) is 2.70. The minimum atomic E-state index is 0.464. The van der Waals surface area contributed by atoms with Gasteiger partial charge in [-0.15, -0.1) is 0 Å². The van der Waals surface area contributed by atoms with Gasteiger partial charge < -0.3 is 10.1 Å². The Morgan fingerprint density at radius 1 is 1.11 bits per heavy atom. The Labute approximate surface area is 109 Å². The fraction of sp³-hybridized carbons (Fsp3) is 1.00. The summed E-state index contributed by atoms with van der Waals surface area (Å²) in [5, 5.41) is 3.87. The second kappa shape index (κ2) is 3.50. The average Bonchev–Trinajstić information content (AvgIpc) is 2.40. The molecule has 18 heavy (non-hydrogen) atoms. The second-order valence-electron chi connectivity index (χ2n) is 7.17. The summed E-state index contributed by atoms with van der Waals surface area (Å²) in [5.41, 5.74) is 0.482. The van der Waals surface area contributed by atoms with Gasteiger partial charge >= 0.3 is 0 Å². The topological polar surface area (TPSA) is 24.5 Å². The van der Waals surface area contributed by atoms with E-state index in [1.807, 2.05) is 0 Å². The summed E-state index contributed by atoms with van der Waals surface area (Å²) in [6.45, 7) is 2.49. The Balaban J connectivity index is 1.66. The van der Waals surface area contributed by atoms with Crippen molar-refractivity contribution in [2.45, 2.75) is 63.4 Å². The van der Waals surface area contributed by atoms with Gasteiger partial charge in [0.1, 0.15) is 6.23 Å². The molecule has 1 saturated carbocycles. The monoisotopic (exact) mass is 248 g/mol. The van der Waals surface area contributed by atoms with Gasteiger partial charge in [-0.2, -0.15) is 0 Å². The average molecular weight is 248 g/mol. The number of hydrogen-bond donors (Lipinski definition) is 1. The van der Waals surface area contributed by atoms with Crippen LogP contribution < -0.4 is 5.32 Å². The van der Waals surface area contributed by atoms with Crippen molar-refractivity contribution >= 4 is 0 Å². The third-order valence-electron chi connectivity index (χ3n) is 6.70. The van der Waals surface area contributed by atoms with Crippen molar-refractivity contribution in [3.8, 4) is 0 Å². The van der Waals surface area contributed by atoms with Crippen molar-refractivity contribution in [2.24, 2.45) is 17.3 Å². The molecular weight excluding hydrogens is 224 g/mol. The van der Waals surface area contributed by atoms with Crippen LogP contribution in [0.4, 0.5) is 0 Å². The summed E-state index contributed by atoms with van der Waals surface area (Å²) < 4.78 is 6.57. The van der Waals surface area contributed by atoms with E-state index in [1.54, 1.807) is 0 Å². The molecule has 0 amide bonds. The Morgan fingerprint density at radius 2 is 2.11 bits per heavy atom. The lowest BCUT2D eigenvalue weighted by Gasteiger charge is -2.72. The van der Waals surface area contributed by atoms with Crippen molar-refractivity contribution in [3.63, 3.8) is 0 Å². The maximum atomic E-state index is 6.57. The summed E-state index contributed by atoms with van der Waals surface area (Å²) >= 11 is 0. The predicted molar refractivity (Wildman–Crippen MR) is 68.9 cm³/mol. The van der Waals surface area contributed by atoms with Gasteiger partial charge in [-0.25, -0.2) is 0 Å². The highest BCUT2D eigenvalue weighted by atomic mass is 16.5. The molecule has 0 aromatic rings. The SMILES string of the molecule is C1CC2O[C@H]3[C@@H]4CCCN3[C@@H]3NCCC[C@@]23[C@@H]4C1. The van der Waals surface area contributed by atoms with Crippen LogP contribution in [0.1, 0.15) is 44.9 Å². The van der Waals surface area contributed by atoms with Gasteiger partial charge in [0, 0.05) is 17.9 Å². The molecule has 1 N–H and O–H groups in total. The molecule has 100 valence electrons. The Bertz CT molecular complexity index is 351. The van der Waals surface area contributed by atoms with E-state index < -0.39 is 0 Å². The molecule has 1 spiro atoms. The van der Waals surface area contributed by atoms with Crippen LogP contribution in [0.25, 0.3) is 0 Å². The fourth-order valence-electron chi connectivity index (χ4n) is 6.27. The normalized spacial score (nSPS) is 61.3. The van der Waals surface area contributed by atoms with E-state index in [1.165, 1.54) is 58.0 Å². The van der Waals surface area contributed by atoms with Crippen LogP contribution in [-0.4, -0.2) is 36.5 Å². The van der Waals surface area contributed by atoms with Crippen molar-refractivity contribution in [3.05, 3.63) is 0 Å². The Hall–Kier alpha value is -0.120. The molecule has 6 aliphatic rings. The molecular formula is C15H24N2O. The summed E-state index contributed by atoms with van der Waals surface area (Å²) in [7, 11) is 0. The predicted octanol–water partition coefficient (Wildman–Crippen LogP) is 1.93. The second-order valence-corrected chi connectivity index (χ2v) is 7.17. The summed E-state index contributed by atoms with van der Waals surface area (Å²) in [5.74, 6) is 1.82. The van der Waals surface area contributed by atoms with E-state index in [0.717, 1.165) is 11.8 Å². The minimum Gasteiger partial charge on any atom is -0.359 e. The molecule has 0 aromatic heterocycles. The lowest BCUT2D eigenvalue weighted by molar-refractivity contribution is -0.355. The van der Waals surface area contributed by atoms with E-state index in [0.29, 0.717) is 23.9 Å². The Kier molecular flexibility index (Phi) is 2.07. The first kappa shape index (κ1) is 10.6. The number of ether oxygens (including phenoxy) is 1. The molecule has 0 aromatic carbocycles. The molecule has 6 bridgehead atoms. The maximum absolute atomic E-state index is 6.57. The molecule has 3 heteroatoms. The van der Waals surface area contributed by atoms with Crippen LogP contribution in [-0.2, 0) is 4.74 Å². The molecule has 7 atom stereocenters. The van der Waals surface area contributed by atoms with E-state index >= 15 is 0 Å². The van der Waals surface area contributed by atoms with Crippen LogP contribution in [0.2, 0.25) is 0 Å². The molecule has 2 unspecified atom stereocenters. The van der Waals surface area contributed by atoms with Crippen LogP contribution in [0, 0.1) is 17.3 Å². The highest BCUT2D eigenvalue weighted by Crippen LogP contribution is 2.63. The quantitative estimate of drug-likeness (QED) is 0.709. The zero-order chi connectivity index (χ0) is 11.7. The third kappa shape index (κ3) is 1.05. The van der Waals surface area contributed by atoms with Gasteiger partial charge in [0.15, 0.2) is 0 Å². The van der Waals surface area contributed by atoms with Crippen LogP contribution in [0.5, 0.6) is 0 Å². The number of nitrogens with zero attached hydrogens (tertiary/aromatic N) is 1. The Morgan fingerprint density at radius 3 is 3.11 bits per heavy atom. The molecule has 6 rings (SSSR count). The zero-order valence-electron chi connectivity index (χ0n) is 11.1. The van der Waals surface area contributed by atoms with E-state index in [2.05, 4.69) is 10.2 Å². The molecule has 5 aliphatic heterocycles. The largest absolute Gasteiger partial charge is 0.359 e. The van der Waals surface area contributed by atoms with Crippen molar-refractivity contribution in [1.82, 2.24) is 10.2 Å². The molecule has 0 radical (unpaired) electrons. The van der Waals surface area contributed by atoms with Crippen molar-refractivity contribution in [1.29, 1.82) is 0 Å². The first-order valence-electron chi connectivity index (χ1n) is 8.06. The zero-order valence-corrected chi connectivity index (χ0v) is 11.1. The number of piperidine rings is 3. The lowest BCUT2D eigenvalue weighted by Crippen LogP contribution is -2.80. The molecule has 1 aliphatic carbocycles. The number of nitrogens with one attached hydrogen (secondary N) is 1. The highest BCUT2D eigenvalue weighted by molar-refractivity contribution is 5.15. The minimum absolute atomic E-state index is 0.464. The van der Waals surface area contributed by atoms with Crippen LogP contribution in [0.3, 0.4) is 0 Å². The molecule has 5 heterocycles. The molecule has 6 fully saturated rings. The number of hydrogen-bond acceptors (Lipinski definition) is 3. The summed E-state index contributed by atoms with van der Waals surface area (Å²) in [6.07, 6.45) is 11.5. The van der Waals surface area contributed by atoms with E-state index in [-0.39, 0.29) is 0 Å². The van der Waals surface area contributed by atoms with Crippen molar-refractivity contribution < 1.29 is 4.74 Å². The first-order chi connectivity index (χ1) is 8.91. The van der Waals surface area contributed by atoms with Gasteiger partial charge in [0.2, 0.25) is 0 Å². The van der Waals surface area contributed by atoms with Crippen LogP contribution in [0.15, 0.2) is 0 Å². The van der Waals surface area contributed by atoms with Gasteiger partial charge in [0.05, 0.1) is 12.3 Å². The fourth-order valence-corrected chi connectivity index (χ4v) is 6.27. The van der Waals surface area contributed by atoms with E-state index in [4.69, 9.17) is 4.74 Å². The highest BCUT2D eigenvalue weighted by Gasteiger charge is 2.68. The van der Waals surface area contributed by atoms with Gasteiger partial charge in [-0.3, -0.25) is 4.90 Å². The summed E-state index contributed by atoms with van der Waals surface area (Å²) in [6, 6.07) is 0. The standard InChI is InChI=1S/C15H24N2O/c1-5-11-10-4-2-9-17-13(10)18-12(6-1)15(11)7-3-8-16-14(15)17/h10-14,16H,1-9H2/t10-,11-,12?,13+,14+,15-/m1/s1. The first-order valence-corrected chi connectivity index (χ1v) is 8.06. The third-order valence-corrected chi connectivity index (χ3v) is 6.70. The molecule has 5 saturated heterocycles. The molecule has 3 nitrogen and oxygen atoms in total. The maximum Gasteiger partial charge on any atom is 0.115 e. The van der Waals surface area contributed by atoms with Gasteiger partial charge in [0.25, 0.3) is 0 Å². The van der Waals surface area contributed by atoms with Crippen LogP contribution >= 0.6 is 0 Å². The van der Waals surface area contributed by atoms with Gasteiger partial charge in [-0.1, -0.05) is 6.42 Å². The van der Waals surface area contributed by atoms with Gasteiger partial charge in [-0.05, 0) is 51.0 Å². The number of rotatable bonds is 0. The smallest absolute Gasteiger partial charge is 0.115 e. The van der Waals surface area contributed by atoms with E-state index in [9.17, 15) is 0 Å². The van der Waals surface area contributed by atoms with Crippen molar-refractivity contribution in [2.75, 3.05) is 13.1 Å².